The first-order valence-corrected chi connectivity index (χ1v) is 17.3. The zero-order valence-electron chi connectivity index (χ0n) is 24.1. The highest BCUT2D eigenvalue weighted by molar-refractivity contribution is 7.89. The van der Waals surface area contributed by atoms with Crippen molar-refractivity contribution in [3.05, 3.63) is 66.7 Å². The number of nitrogens with zero attached hydrogens (tertiary/aromatic N) is 1. The van der Waals surface area contributed by atoms with Crippen LogP contribution in [0, 0.1) is 0 Å². The van der Waals surface area contributed by atoms with Gasteiger partial charge in [-0.05, 0) is 61.2 Å². The molecule has 2 aliphatic rings. The molecule has 2 heterocycles. The molecule has 0 radical (unpaired) electrons. The lowest BCUT2D eigenvalue weighted by atomic mass is 9.88. The monoisotopic (exact) mass is 633 g/mol. The topological polar surface area (TPSA) is 154 Å². The molecule has 13 heteroatoms. The van der Waals surface area contributed by atoms with Gasteiger partial charge >= 0.3 is 0 Å². The van der Waals surface area contributed by atoms with Crippen LogP contribution in [0.5, 0.6) is 5.75 Å². The number of benzene rings is 3. The van der Waals surface area contributed by atoms with Gasteiger partial charge in [0.1, 0.15) is 18.5 Å². The Morgan fingerprint density at radius 2 is 1.74 bits per heavy atom. The van der Waals surface area contributed by atoms with Gasteiger partial charge in [-0.25, -0.2) is 21.6 Å². The Kier molecular flexibility index (Phi) is 9.73. The molecule has 0 aromatic heterocycles. The van der Waals surface area contributed by atoms with Crippen molar-refractivity contribution < 1.29 is 36.5 Å². The van der Waals surface area contributed by atoms with Crippen LogP contribution >= 0.6 is 0 Å². The van der Waals surface area contributed by atoms with Crippen LogP contribution in [-0.4, -0.2) is 94.6 Å². The molecule has 2 aliphatic heterocycles. The molecule has 5 rings (SSSR count). The molecular weight excluding hydrogens is 594 g/mol. The number of hydrogen-bond acceptors (Lipinski definition) is 9. The maximum Gasteiger partial charge on any atom is 0.243 e. The van der Waals surface area contributed by atoms with Crippen molar-refractivity contribution in [3.8, 4) is 5.75 Å². The highest BCUT2D eigenvalue weighted by Gasteiger charge is 2.44. The fraction of sp³-hybridized carbons (Fsp3) is 0.467. The van der Waals surface area contributed by atoms with Crippen molar-refractivity contribution >= 4 is 30.8 Å². The first-order chi connectivity index (χ1) is 20.5. The normalized spacial score (nSPS) is 20.8. The van der Waals surface area contributed by atoms with E-state index in [0.29, 0.717) is 49.6 Å². The molecule has 1 unspecified atom stereocenters. The molecule has 4 N–H and O–H groups in total. The third-order valence-electron chi connectivity index (χ3n) is 8.03. The second kappa shape index (κ2) is 13.2. The largest absolute Gasteiger partial charge is 0.491 e. The van der Waals surface area contributed by atoms with Crippen molar-refractivity contribution in [2.75, 3.05) is 39.5 Å². The molecule has 0 saturated carbocycles. The Hall–Kier alpha value is -2.62. The summed E-state index contributed by atoms with van der Waals surface area (Å²) in [6, 6.07) is 18.2. The summed E-state index contributed by atoms with van der Waals surface area (Å²) in [4.78, 5) is 0.300. The Labute approximate surface area is 252 Å². The van der Waals surface area contributed by atoms with Gasteiger partial charge in [0, 0.05) is 37.8 Å². The number of hydrogen-bond donors (Lipinski definition) is 4. The Morgan fingerprint density at radius 1 is 1.00 bits per heavy atom. The minimum absolute atomic E-state index is 0.00225. The van der Waals surface area contributed by atoms with Crippen LogP contribution in [0.4, 0.5) is 0 Å². The molecular formula is C30H39N3O8S2. The van der Waals surface area contributed by atoms with Gasteiger partial charge in [-0.15, -0.1) is 0 Å². The Balaban J connectivity index is 1.08. The molecule has 1 spiro atoms. The van der Waals surface area contributed by atoms with Crippen molar-refractivity contribution in [3.63, 3.8) is 0 Å². The SMILES string of the molecule is C[C@H](CO)NS(=O)(=O)c1cccc(OC[C@@H](O)CNC2COC3(CCN(S(=O)(=O)c4ccc5ccccc5c4)CC3)C2)c1. The van der Waals surface area contributed by atoms with Gasteiger partial charge in [-0.3, -0.25) is 0 Å². The summed E-state index contributed by atoms with van der Waals surface area (Å²) in [6.07, 6.45) is 1.05. The van der Waals surface area contributed by atoms with E-state index in [9.17, 15) is 21.9 Å². The van der Waals surface area contributed by atoms with Crippen molar-refractivity contribution in [1.29, 1.82) is 0 Å². The molecule has 2 fully saturated rings. The lowest BCUT2D eigenvalue weighted by molar-refractivity contribution is -0.0312. The van der Waals surface area contributed by atoms with Gasteiger partial charge in [0.25, 0.3) is 0 Å². The molecule has 234 valence electrons. The van der Waals surface area contributed by atoms with E-state index >= 15 is 0 Å². The summed E-state index contributed by atoms with van der Waals surface area (Å²) in [5.41, 5.74) is -0.401. The van der Waals surface area contributed by atoms with Crippen LogP contribution in [0.15, 0.2) is 76.5 Å². The predicted octanol–water partition coefficient (Wildman–Crippen LogP) is 1.84. The predicted molar refractivity (Wildman–Crippen MR) is 162 cm³/mol. The maximum atomic E-state index is 13.4. The van der Waals surface area contributed by atoms with E-state index in [1.54, 1.807) is 31.2 Å². The molecule has 3 aromatic carbocycles. The average Bonchev–Trinajstić information content (AvgIpc) is 3.40. The van der Waals surface area contributed by atoms with E-state index in [0.717, 1.165) is 10.8 Å². The lowest BCUT2D eigenvalue weighted by Gasteiger charge is -2.38. The average molecular weight is 634 g/mol. The molecule has 0 aliphatic carbocycles. The molecule has 11 nitrogen and oxygen atoms in total. The van der Waals surface area contributed by atoms with E-state index in [1.165, 1.54) is 16.4 Å². The quantitative estimate of drug-likeness (QED) is 0.234. The third-order valence-corrected chi connectivity index (χ3v) is 11.5. The van der Waals surface area contributed by atoms with Gasteiger partial charge in [-0.2, -0.15) is 4.31 Å². The van der Waals surface area contributed by atoms with Gasteiger partial charge in [-0.1, -0.05) is 36.4 Å². The fourth-order valence-electron chi connectivity index (χ4n) is 5.59. The summed E-state index contributed by atoms with van der Waals surface area (Å²) < 4.78 is 67.4. The van der Waals surface area contributed by atoms with Crippen LogP contribution in [0.2, 0.25) is 0 Å². The fourth-order valence-corrected chi connectivity index (χ4v) is 8.34. The van der Waals surface area contributed by atoms with E-state index < -0.39 is 37.8 Å². The van der Waals surface area contributed by atoms with E-state index in [2.05, 4.69) is 10.0 Å². The summed E-state index contributed by atoms with van der Waals surface area (Å²) in [5.74, 6) is 0.298. The third kappa shape index (κ3) is 7.55. The number of aliphatic hydroxyl groups excluding tert-OH is 2. The second-order valence-corrected chi connectivity index (χ2v) is 15.0. The summed E-state index contributed by atoms with van der Waals surface area (Å²) in [5, 5.41) is 24.8. The number of aliphatic hydroxyl groups is 2. The van der Waals surface area contributed by atoms with E-state index in [-0.39, 0.29) is 30.7 Å². The number of ether oxygens (including phenoxy) is 2. The standard InChI is InChI=1S/C30H39N3O8S2/c1-22(19-34)32-42(36,37)28-8-4-7-27(16-28)40-21-26(35)18-31-25-17-30(41-20-25)11-13-33(14-12-30)43(38,39)29-10-9-23-5-2-3-6-24(23)15-29/h2-10,15-16,22,25-26,31-32,34-35H,11-14,17-21H2,1H3/t22-,25?,26+/m1/s1. The summed E-state index contributed by atoms with van der Waals surface area (Å²) in [6.45, 7) is 2.65. The number of piperidine rings is 1. The Morgan fingerprint density at radius 3 is 2.49 bits per heavy atom. The summed E-state index contributed by atoms with van der Waals surface area (Å²) >= 11 is 0. The van der Waals surface area contributed by atoms with Crippen LogP contribution in [0.1, 0.15) is 26.2 Å². The zero-order chi connectivity index (χ0) is 30.7. The van der Waals surface area contributed by atoms with Crippen molar-refractivity contribution in [2.24, 2.45) is 0 Å². The zero-order valence-corrected chi connectivity index (χ0v) is 25.7. The lowest BCUT2D eigenvalue weighted by Crippen LogP contribution is -2.47. The van der Waals surface area contributed by atoms with Crippen LogP contribution in [0.25, 0.3) is 10.8 Å². The minimum Gasteiger partial charge on any atom is -0.491 e. The first kappa shape index (κ1) is 31.8. The molecule has 0 amide bonds. The van der Waals surface area contributed by atoms with Crippen LogP contribution < -0.4 is 14.8 Å². The minimum atomic E-state index is -3.82. The molecule has 43 heavy (non-hydrogen) atoms. The van der Waals surface area contributed by atoms with Gasteiger partial charge in [0.15, 0.2) is 0 Å². The summed E-state index contributed by atoms with van der Waals surface area (Å²) in [7, 11) is -7.43. The molecule has 2 saturated heterocycles. The first-order valence-electron chi connectivity index (χ1n) is 14.4. The van der Waals surface area contributed by atoms with Gasteiger partial charge in [0.05, 0.1) is 28.6 Å². The van der Waals surface area contributed by atoms with Gasteiger partial charge in [0.2, 0.25) is 20.0 Å². The van der Waals surface area contributed by atoms with Crippen LogP contribution in [-0.2, 0) is 24.8 Å². The number of rotatable bonds is 12. The van der Waals surface area contributed by atoms with Gasteiger partial charge < -0.3 is 25.0 Å². The second-order valence-electron chi connectivity index (χ2n) is 11.4. The van der Waals surface area contributed by atoms with Crippen molar-refractivity contribution in [1.82, 2.24) is 14.3 Å². The van der Waals surface area contributed by atoms with Crippen molar-refractivity contribution in [2.45, 2.75) is 59.8 Å². The molecule has 0 bridgehead atoms. The number of fused-ring (bicyclic) bond motifs is 1. The Bertz CT molecular complexity index is 1630. The smallest absolute Gasteiger partial charge is 0.243 e. The number of nitrogens with one attached hydrogen (secondary N) is 2. The molecule has 3 atom stereocenters. The molecule has 3 aromatic rings. The van der Waals surface area contributed by atoms with Crippen LogP contribution in [0.3, 0.4) is 0 Å². The maximum absolute atomic E-state index is 13.4. The van der Waals surface area contributed by atoms with E-state index in [1.807, 2.05) is 30.3 Å². The highest BCUT2D eigenvalue weighted by atomic mass is 32.2. The van der Waals surface area contributed by atoms with E-state index in [4.69, 9.17) is 14.6 Å². The number of sulfonamides is 2. The highest BCUT2D eigenvalue weighted by Crippen LogP contribution is 2.37.